The van der Waals surface area contributed by atoms with E-state index in [0.29, 0.717) is 27.0 Å². The number of halogens is 1. The van der Waals surface area contributed by atoms with Gasteiger partial charge >= 0.3 is 5.97 Å². The molecule has 2 fully saturated rings. The Labute approximate surface area is 251 Å². The van der Waals surface area contributed by atoms with Gasteiger partial charge in [0.2, 0.25) is 4.73 Å². The molecule has 13 nitrogen and oxygen atoms in total. The monoisotopic (exact) mass is 652 g/mol. The first-order chi connectivity index (χ1) is 20.4. The highest BCUT2D eigenvalue weighted by Crippen LogP contribution is 2.44. The quantitative estimate of drug-likeness (QED) is 0.165. The number of carbonyl (C=O) groups excluding carboxylic acids is 1. The third kappa shape index (κ3) is 4.80. The molecule has 1 saturated heterocycles. The maximum atomic E-state index is 12.7. The van der Waals surface area contributed by atoms with Gasteiger partial charge in [0.1, 0.15) is 36.8 Å². The lowest BCUT2D eigenvalue weighted by Crippen LogP contribution is -2.34. The van der Waals surface area contributed by atoms with Crippen LogP contribution in [0, 0.1) is 0 Å². The second-order valence-corrected chi connectivity index (χ2v) is 11.8. The van der Waals surface area contributed by atoms with Crippen LogP contribution < -0.4 is 5.73 Å². The van der Waals surface area contributed by atoms with E-state index in [1.165, 1.54) is 52.8 Å². The number of esters is 1. The van der Waals surface area contributed by atoms with Gasteiger partial charge < -0.3 is 25.4 Å². The summed E-state index contributed by atoms with van der Waals surface area (Å²) >= 11 is 4.69. The van der Waals surface area contributed by atoms with Gasteiger partial charge in [0, 0.05) is 5.39 Å². The molecule has 0 bridgehead atoms. The highest BCUT2D eigenvalue weighted by molar-refractivity contribution is 9.10. The number of imidazole rings is 1. The van der Waals surface area contributed by atoms with Crippen LogP contribution in [-0.4, -0.2) is 81.1 Å². The van der Waals surface area contributed by atoms with Crippen LogP contribution in [0.2, 0.25) is 0 Å². The van der Waals surface area contributed by atoms with Gasteiger partial charge in [0.25, 0.3) is 0 Å². The zero-order valence-electron chi connectivity index (χ0n) is 21.9. The number of aliphatic hydroxyl groups excluding tert-OH is 2. The third-order valence-corrected chi connectivity index (χ3v) is 8.93. The Bertz CT molecular complexity index is 1810. The number of thioether (sulfide) groups is 1. The number of ether oxygens (including phenoxy) is 2. The lowest BCUT2D eigenvalue weighted by Gasteiger charge is -2.16. The highest BCUT2D eigenvalue weighted by atomic mass is 79.9. The summed E-state index contributed by atoms with van der Waals surface area (Å²) in [6.07, 6.45) is 0.491. The van der Waals surface area contributed by atoms with Crippen LogP contribution in [0.15, 0.2) is 58.9 Å². The zero-order valence-corrected chi connectivity index (χ0v) is 24.3. The molecule has 4 N–H and O–H groups in total. The first-order valence-electron chi connectivity index (χ1n) is 13.3. The van der Waals surface area contributed by atoms with Gasteiger partial charge in [-0.15, -0.1) is 10.2 Å². The molecule has 3 aromatic heterocycles. The van der Waals surface area contributed by atoms with Crippen molar-refractivity contribution in [1.82, 2.24) is 34.3 Å². The van der Waals surface area contributed by atoms with Crippen molar-refractivity contribution >= 4 is 61.4 Å². The van der Waals surface area contributed by atoms with Crippen LogP contribution in [0.5, 0.6) is 0 Å². The fourth-order valence-corrected chi connectivity index (χ4v) is 6.59. The van der Waals surface area contributed by atoms with Crippen molar-refractivity contribution in [3.63, 3.8) is 0 Å². The number of aliphatic hydroxyl groups is 2. The maximum absolute atomic E-state index is 12.7. The molecule has 4 heterocycles. The average Bonchev–Trinajstić information content (AvgIpc) is 3.55. The van der Waals surface area contributed by atoms with Crippen LogP contribution in [0.1, 0.15) is 30.6 Å². The number of hydrogen-bond acceptors (Lipinski definition) is 12. The number of nitrogens with zero attached hydrogens (tertiary/aromatic N) is 7. The number of nitrogen functional groups attached to an aromatic ring is 1. The molecule has 0 unspecified atom stereocenters. The second-order valence-electron chi connectivity index (χ2n) is 10.2. The van der Waals surface area contributed by atoms with Gasteiger partial charge in [-0.3, -0.25) is 13.9 Å². The minimum absolute atomic E-state index is 0.0552. The van der Waals surface area contributed by atoms with E-state index < -0.39 is 30.5 Å². The van der Waals surface area contributed by atoms with Crippen molar-refractivity contribution < 1.29 is 24.5 Å². The molecule has 42 heavy (non-hydrogen) atoms. The predicted molar refractivity (Wildman–Crippen MR) is 156 cm³/mol. The predicted octanol–water partition coefficient (Wildman–Crippen LogP) is 2.74. The summed E-state index contributed by atoms with van der Waals surface area (Å²) in [5, 5.41) is 32.5. The number of nitrogens with two attached hydrogens (primary N) is 1. The SMILES string of the molecule is Nc1ncnc2c1ncn2[C@@H]1O[C@H](COC(=O)CSc2nnc(Br)n2-c2ccc(C3CC3)c3ccccc23)[C@H](O)[C@H]1O. The van der Waals surface area contributed by atoms with Crippen molar-refractivity contribution in [3.8, 4) is 5.69 Å². The number of benzene rings is 2. The molecule has 216 valence electrons. The van der Waals surface area contributed by atoms with Gasteiger partial charge in [-0.05, 0) is 51.7 Å². The number of hydrogen-bond donors (Lipinski definition) is 3. The van der Waals surface area contributed by atoms with Gasteiger partial charge in [0.05, 0.1) is 17.8 Å². The Morgan fingerprint density at radius 2 is 1.90 bits per heavy atom. The normalized spacial score (nSPS) is 22.3. The third-order valence-electron chi connectivity index (χ3n) is 7.51. The van der Waals surface area contributed by atoms with E-state index in [1.807, 2.05) is 16.7 Å². The van der Waals surface area contributed by atoms with Crippen molar-refractivity contribution in [1.29, 1.82) is 0 Å². The Balaban J connectivity index is 1.02. The summed E-state index contributed by atoms with van der Waals surface area (Å²) in [6, 6.07) is 12.5. The van der Waals surface area contributed by atoms with E-state index in [1.54, 1.807) is 0 Å². The summed E-state index contributed by atoms with van der Waals surface area (Å²) in [6.45, 7) is -0.262. The topological polar surface area (TPSA) is 176 Å². The Morgan fingerprint density at radius 3 is 2.71 bits per heavy atom. The number of carbonyl (C=O) groups is 1. The fraction of sp³-hybridized carbons (Fsp3) is 0.333. The molecule has 15 heteroatoms. The van der Waals surface area contributed by atoms with Crippen LogP contribution in [0.3, 0.4) is 0 Å². The smallest absolute Gasteiger partial charge is 0.316 e. The molecule has 4 atom stereocenters. The summed E-state index contributed by atoms with van der Waals surface area (Å²) in [5.74, 6) is 0.186. The largest absolute Gasteiger partial charge is 0.462 e. The first-order valence-corrected chi connectivity index (χ1v) is 15.0. The average molecular weight is 654 g/mol. The lowest BCUT2D eigenvalue weighted by molar-refractivity contribution is -0.146. The standard InChI is InChI=1S/C27H25BrN8O5S/c28-26-33-34-27(36(26)17-8-7-14(13-5-6-13)15-3-1-2-4-16(15)17)42-10-19(37)40-9-18-21(38)22(39)25(41-18)35-12-32-20-23(29)30-11-31-24(20)35/h1-4,7-8,11-13,18,21-22,25,38-39H,5-6,9-10H2,(H2,29,30,31)/t18-,21+,22-,25-/m1/s1. The van der Waals surface area contributed by atoms with Gasteiger partial charge in [0.15, 0.2) is 22.8 Å². The molecule has 1 saturated carbocycles. The number of rotatable bonds is 8. The van der Waals surface area contributed by atoms with E-state index in [-0.39, 0.29) is 18.2 Å². The lowest BCUT2D eigenvalue weighted by atomic mass is 9.99. The number of anilines is 1. The molecule has 0 amide bonds. The van der Waals surface area contributed by atoms with Crippen molar-refractivity contribution in [2.24, 2.45) is 0 Å². The van der Waals surface area contributed by atoms with E-state index in [9.17, 15) is 15.0 Å². The minimum Gasteiger partial charge on any atom is -0.462 e. The van der Waals surface area contributed by atoms with Crippen molar-refractivity contribution in [3.05, 3.63) is 59.3 Å². The molecular formula is C27H25BrN8O5S. The molecule has 0 radical (unpaired) electrons. The molecular weight excluding hydrogens is 628 g/mol. The Morgan fingerprint density at radius 1 is 1.10 bits per heavy atom. The maximum Gasteiger partial charge on any atom is 0.316 e. The van der Waals surface area contributed by atoms with Gasteiger partial charge in [-0.2, -0.15) is 0 Å². The molecule has 2 aliphatic rings. The van der Waals surface area contributed by atoms with Gasteiger partial charge in [-0.25, -0.2) is 15.0 Å². The van der Waals surface area contributed by atoms with Crippen molar-refractivity contribution in [2.75, 3.05) is 18.1 Å². The molecule has 1 aliphatic carbocycles. The van der Waals surface area contributed by atoms with E-state index in [4.69, 9.17) is 15.2 Å². The molecule has 0 spiro atoms. The number of aromatic nitrogens is 7. The molecule has 1 aliphatic heterocycles. The Hall–Kier alpha value is -3.63. The fourth-order valence-electron chi connectivity index (χ4n) is 5.29. The van der Waals surface area contributed by atoms with E-state index >= 15 is 0 Å². The molecule has 2 aromatic carbocycles. The van der Waals surface area contributed by atoms with Crippen LogP contribution in [-0.2, 0) is 14.3 Å². The van der Waals surface area contributed by atoms with Gasteiger partial charge in [-0.1, -0.05) is 42.1 Å². The first kappa shape index (κ1) is 27.2. The number of fused-ring (bicyclic) bond motifs is 2. The Kier molecular flexibility index (Phi) is 7.06. The molecule has 5 aromatic rings. The van der Waals surface area contributed by atoms with Crippen LogP contribution >= 0.6 is 27.7 Å². The summed E-state index contributed by atoms with van der Waals surface area (Å²) in [5.41, 5.74) is 8.79. The van der Waals surface area contributed by atoms with E-state index in [0.717, 1.165) is 11.1 Å². The summed E-state index contributed by atoms with van der Waals surface area (Å²) < 4.78 is 15.1. The van der Waals surface area contributed by atoms with Crippen LogP contribution in [0.4, 0.5) is 5.82 Å². The zero-order chi connectivity index (χ0) is 29.0. The summed E-state index contributed by atoms with van der Waals surface area (Å²) in [4.78, 5) is 24.9. The van der Waals surface area contributed by atoms with Crippen LogP contribution in [0.25, 0.3) is 27.6 Å². The van der Waals surface area contributed by atoms with Crippen molar-refractivity contribution in [2.45, 2.75) is 48.5 Å². The summed E-state index contributed by atoms with van der Waals surface area (Å²) in [7, 11) is 0. The van der Waals surface area contributed by atoms with E-state index in [2.05, 4.69) is 65.3 Å². The highest BCUT2D eigenvalue weighted by Gasteiger charge is 2.45. The molecule has 7 rings (SSSR count). The minimum atomic E-state index is -1.31. The second kappa shape index (κ2) is 10.9.